The highest BCUT2D eigenvalue weighted by molar-refractivity contribution is 8.01. The fraction of sp³-hybridized carbons (Fsp3) is 0.150. The van der Waals surface area contributed by atoms with Gasteiger partial charge in [-0.2, -0.15) is 18.3 Å². The Morgan fingerprint density at radius 2 is 2.00 bits per heavy atom. The average Bonchev–Trinajstić information content (AvgIpc) is 3.45. The van der Waals surface area contributed by atoms with Crippen LogP contribution < -0.4 is 5.32 Å². The number of alkyl halides is 3. The Hall–Kier alpha value is -3.45. The van der Waals surface area contributed by atoms with E-state index < -0.39 is 30.2 Å². The molecule has 1 N–H and O–H groups in total. The van der Waals surface area contributed by atoms with Crippen molar-refractivity contribution in [2.45, 2.75) is 10.5 Å². The highest BCUT2D eigenvalue weighted by Crippen LogP contribution is 2.33. The molecule has 0 saturated heterocycles. The first-order valence-electron chi connectivity index (χ1n) is 9.30. The SMILES string of the molecule is O=C(COC(=O)CSc1nc2ccccc2s1)Nc1cc(C(F)(F)F)ccc1-n1cncn1. The van der Waals surface area contributed by atoms with Crippen molar-refractivity contribution >= 4 is 50.9 Å². The number of hydrogen-bond donors (Lipinski definition) is 1. The van der Waals surface area contributed by atoms with Gasteiger partial charge in [0.1, 0.15) is 12.7 Å². The summed E-state index contributed by atoms with van der Waals surface area (Å²) >= 11 is 2.60. The summed E-state index contributed by atoms with van der Waals surface area (Å²) in [6.07, 6.45) is -2.13. The van der Waals surface area contributed by atoms with Crippen molar-refractivity contribution in [1.82, 2.24) is 19.7 Å². The van der Waals surface area contributed by atoms with Crippen molar-refractivity contribution in [2.75, 3.05) is 17.7 Å². The Labute approximate surface area is 192 Å². The van der Waals surface area contributed by atoms with E-state index in [4.69, 9.17) is 4.74 Å². The first-order valence-corrected chi connectivity index (χ1v) is 11.1. The maximum absolute atomic E-state index is 13.1. The molecule has 4 aromatic rings. The topological polar surface area (TPSA) is 99.0 Å². The van der Waals surface area contributed by atoms with Crippen LogP contribution in [0.3, 0.4) is 0 Å². The highest BCUT2D eigenvalue weighted by atomic mass is 32.2. The molecule has 0 unspecified atom stereocenters. The molecule has 0 bridgehead atoms. The molecule has 0 fully saturated rings. The number of carbonyl (C=O) groups excluding carboxylic acids is 2. The molecule has 8 nitrogen and oxygen atoms in total. The largest absolute Gasteiger partial charge is 0.455 e. The number of esters is 1. The summed E-state index contributed by atoms with van der Waals surface area (Å²) in [5.74, 6) is -1.52. The second-order valence-electron chi connectivity index (χ2n) is 6.51. The van der Waals surface area contributed by atoms with Crippen molar-refractivity contribution in [2.24, 2.45) is 0 Å². The number of para-hydroxylation sites is 1. The van der Waals surface area contributed by atoms with Crippen LogP contribution in [0.15, 0.2) is 59.5 Å². The van der Waals surface area contributed by atoms with Gasteiger partial charge in [-0.1, -0.05) is 23.9 Å². The van der Waals surface area contributed by atoms with Gasteiger partial charge in [-0.15, -0.1) is 11.3 Å². The lowest BCUT2D eigenvalue weighted by molar-refractivity contribution is -0.144. The quantitative estimate of drug-likeness (QED) is 0.305. The number of anilines is 1. The van der Waals surface area contributed by atoms with Gasteiger partial charge in [-0.3, -0.25) is 9.59 Å². The number of rotatable bonds is 7. The third kappa shape index (κ3) is 5.68. The van der Waals surface area contributed by atoms with Crippen LogP contribution >= 0.6 is 23.1 Å². The number of benzene rings is 2. The molecule has 13 heteroatoms. The zero-order valence-corrected chi connectivity index (χ0v) is 18.2. The minimum absolute atomic E-state index is 0.0686. The molecule has 33 heavy (non-hydrogen) atoms. The number of amides is 1. The Morgan fingerprint density at radius 1 is 1.18 bits per heavy atom. The Morgan fingerprint density at radius 3 is 2.73 bits per heavy atom. The maximum Gasteiger partial charge on any atom is 0.416 e. The lowest BCUT2D eigenvalue weighted by Crippen LogP contribution is -2.22. The van der Waals surface area contributed by atoms with Crippen LogP contribution in [-0.2, 0) is 20.5 Å². The predicted molar refractivity (Wildman–Crippen MR) is 116 cm³/mol. The van der Waals surface area contributed by atoms with Crippen molar-refractivity contribution in [3.05, 3.63) is 60.7 Å². The number of aromatic nitrogens is 4. The number of halogens is 3. The highest BCUT2D eigenvalue weighted by Gasteiger charge is 2.31. The second-order valence-corrected chi connectivity index (χ2v) is 8.77. The summed E-state index contributed by atoms with van der Waals surface area (Å²) in [6.45, 7) is -0.660. The van der Waals surface area contributed by atoms with Gasteiger partial charge in [-0.25, -0.2) is 14.6 Å². The molecule has 2 heterocycles. The molecule has 170 valence electrons. The van der Waals surface area contributed by atoms with Gasteiger partial charge in [0.15, 0.2) is 10.9 Å². The summed E-state index contributed by atoms with van der Waals surface area (Å²) < 4.78 is 47.1. The van der Waals surface area contributed by atoms with E-state index in [1.807, 2.05) is 24.3 Å². The van der Waals surface area contributed by atoms with E-state index in [1.54, 1.807) is 0 Å². The number of carbonyl (C=O) groups is 2. The van der Waals surface area contributed by atoms with E-state index in [0.717, 1.165) is 28.4 Å². The molecule has 0 atom stereocenters. The number of thiazole rings is 1. The molecular weight excluding hydrogens is 479 g/mol. The third-order valence-electron chi connectivity index (χ3n) is 4.22. The van der Waals surface area contributed by atoms with Gasteiger partial charge in [0.2, 0.25) is 0 Å². The number of fused-ring (bicyclic) bond motifs is 1. The standard InChI is InChI=1S/C20H14F3N5O3S2/c21-20(22,23)12-5-6-15(28-11-24-10-25-28)14(7-12)26-17(29)8-31-18(30)9-32-19-27-13-3-1-2-4-16(13)33-19/h1-7,10-11H,8-9H2,(H,26,29). The Bertz CT molecular complexity index is 1260. The van der Waals surface area contributed by atoms with E-state index in [9.17, 15) is 22.8 Å². The van der Waals surface area contributed by atoms with Gasteiger partial charge >= 0.3 is 12.1 Å². The van der Waals surface area contributed by atoms with E-state index in [1.165, 1.54) is 40.4 Å². The lowest BCUT2D eigenvalue weighted by Gasteiger charge is -2.14. The van der Waals surface area contributed by atoms with Crippen LogP contribution in [0, 0.1) is 0 Å². The maximum atomic E-state index is 13.1. The summed E-state index contributed by atoms with van der Waals surface area (Å²) in [6, 6.07) is 10.3. The van der Waals surface area contributed by atoms with Gasteiger partial charge in [-0.05, 0) is 30.3 Å². The van der Waals surface area contributed by atoms with Crippen LogP contribution in [0.5, 0.6) is 0 Å². The summed E-state index contributed by atoms with van der Waals surface area (Å²) in [7, 11) is 0. The van der Waals surface area contributed by atoms with Crippen LogP contribution in [0.1, 0.15) is 5.56 Å². The van der Waals surface area contributed by atoms with Gasteiger partial charge < -0.3 is 10.1 Å². The van der Waals surface area contributed by atoms with Crippen LogP contribution in [0.4, 0.5) is 18.9 Å². The molecule has 0 radical (unpaired) electrons. The fourth-order valence-corrected chi connectivity index (χ4v) is 4.62. The lowest BCUT2D eigenvalue weighted by atomic mass is 10.1. The van der Waals surface area contributed by atoms with Gasteiger partial charge in [0, 0.05) is 0 Å². The smallest absolute Gasteiger partial charge is 0.416 e. The van der Waals surface area contributed by atoms with Crippen molar-refractivity contribution < 1.29 is 27.5 Å². The Kier molecular flexibility index (Phi) is 6.60. The van der Waals surface area contributed by atoms with Gasteiger partial charge in [0.05, 0.1) is 32.9 Å². The molecule has 4 rings (SSSR count). The molecule has 0 aliphatic rings. The number of nitrogens with zero attached hydrogens (tertiary/aromatic N) is 4. The van der Waals surface area contributed by atoms with Crippen molar-refractivity contribution in [1.29, 1.82) is 0 Å². The first kappa shape index (κ1) is 22.7. The van der Waals surface area contributed by atoms with Crippen molar-refractivity contribution in [3.63, 3.8) is 0 Å². The van der Waals surface area contributed by atoms with E-state index in [0.29, 0.717) is 4.34 Å². The minimum atomic E-state index is -4.61. The number of nitrogens with one attached hydrogen (secondary N) is 1. The molecule has 1 amide bonds. The van der Waals surface area contributed by atoms with Crippen LogP contribution in [-0.4, -0.2) is 44.0 Å². The Balaban J connectivity index is 1.36. The molecular formula is C20H14F3N5O3S2. The normalized spacial score (nSPS) is 11.5. The zero-order valence-electron chi connectivity index (χ0n) is 16.6. The minimum Gasteiger partial charge on any atom is -0.455 e. The first-order chi connectivity index (χ1) is 15.8. The second kappa shape index (κ2) is 9.58. The molecule has 0 spiro atoms. The molecule has 0 aliphatic heterocycles. The number of thioether (sulfide) groups is 1. The van der Waals surface area contributed by atoms with Crippen molar-refractivity contribution in [3.8, 4) is 5.69 Å². The average molecular weight is 493 g/mol. The van der Waals surface area contributed by atoms with Crippen LogP contribution in [0.25, 0.3) is 15.9 Å². The summed E-state index contributed by atoms with van der Waals surface area (Å²) in [5.41, 5.74) is -0.111. The molecule has 0 saturated carbocycles. The molecule has 0 aliphatic carbocycles. The fourth-order valence-electron chi connectivity index (χ4n) is 2.75. The molecule has 2 aromatic carbocycles. The van der Waals surface area contributed by atoms with Gasteiger partial charge in [0.25, 0.3) is 5.91 Å². The molecule has 2 aromatic heterocycles. The predicted octanol–water partition coefficient (Wildman–Crippen LogP) is 4.17. The number of ether oxygens (including phenoxy) is 1. The summed E-state index contributed by atoms with van der Waals surface area (Å²) in [5, 5.41) is 6.21. The van der Waals surface area contributed by atoms with Crippen LogP contribution in [0.2, 0.25) is 0 Å². The van der Waals surface area contributed by atoms with E-state index in [-0.39, 0.29) is 17.1 Å². The monoisotopic (exact) mass is 493 g/mol. The van der Waals surface area contributed by atoms with E-state index >= 15 is 0 Å². The summed E-state index contributed by atoms with van der Waals surface area (Å²) in [4.78, 5) is 32.4. The van der Waals surface area contributed by atoms with E-state index in [2.05, 4.69) is 20.4 Å². The third-order valence-corrected chi connectivity index (χ3v) is 6.37. The zero-order chi connectivity index (χ0) is 23.4. The number of hydrogen-bond acceptors (Lipinski definition) is 8.